The van der Waals surface area contributed by atoms with E-state index in [1.165, 1.54) is 6.07 Å². The van der Waals surface area contributed by atoms with Gasteiger partial charge in [-0.25, -0.2) is 9.37 Å². The molecule has 0 aliphatic carbocycles. The summed E-state index contributed by atoms with van der Waals surface area (Å²) in [5.41, 5.74) is 2.69. The van der Waals surface area contributed by atoms with E-state index in [-0.39, 0.29) is 5.82 Å². The molecule has 4 heterocycles. The zero-order valence-corrected chi connectivity index (χ0v) is 18.2. The summed E-state index contributed by atoms with van der Waals surface area (Å²) in [7, 11) is 2.11. The van der Waals surface area contributed by atoms with Gasteiger partial charge in [0.15, 0.2) is 5.65 Å². The number of hydrogen-bond acceptors (Lipinski definition) is 7. The number of nitrogens with zero attached hydrogens (tertiary/aromatic N) is 7. The Morgan fingerprint density at radius 2 is 1.97 bits per heavy atom. The highest BCUT2D eigenvalue weighted by atomic mass is 79.9. The second-order valence-corrected chi connectivity index (χ2v) is 8.38. The SMILES string of the molecule is Cc1cc2[nH]c(CNc3nc(N4CCN(C)CC4)nc4c(Br)cnn34)nc2cc1F. The van der Waals surface area contributed by atoms with Crippen LogP contribution in [0, 0.1) is 12.7 Å². The van der Waals surface area contributed by atoms with Gasteiger partial charge in [-0.1, -0.05) is 0 Å². The number of halogens is 2. The predicted octanol–water partition coefficient (Wildman–Crippen LogP) is 2.57. The molecule has 30 heavy (non-hydrogen) atoms. The fourth-order valence-electron chi connectivity index (χ4n) is 3.54. The van der Waals surface area contributed by atoms with Crippen LogP contribution < -0.4 is 10.2 Å². The first-order chi connectivity index (χ1) is 14.5. The van der Waals surface area contributed by atoms with Gasteiger partial charge in [0, 0.05) is 32.2 Å². The molecule has 1 aliphatic rings. The largest absolute Gasteiger partial charge is 0.347 e. The molecule has 0 bridgehead atoms. The average molecular weight is 474 g/mol. The molecule has 4 aromatic rings. The van der Waals surface area contributed by atoms with Crippen LogP contribution in [-0.2, 0) is 6.54 Å². The molecule has 1 aliphatic heterocycles. The Hall–Kier alpha value is -2.79. The minimum Gasteiger partial charge on any atom is -0.347 e. The molecule has 1 fully saturated rings. The lowest BCUT2D eigenvalue weighted by Gasteiger charge is -2.32. The number of benzene rings is 1. The first-order valence-electron chi connectivity index (χ1n) is 9.71. The van der Waals surface area contributed by atoms with Gasteiger partial charge in [-0.2, -0.15) is 19.6 Å². The Balaban J connectivity index is 1.44. The van der Waals surface area contributed by atoms with Crippen molar-refractivity contribution in [3.8, 4) is 0 Å². The summed E-state index contributed by atoms with van der Waals surface area (Å²) in [5, 5.41) is 7.67. The van der Waals surface area contributed by atoms with E-state index in [0.717, 1.165) is 36.2 Å². The number of rotatable bonds is 4. The molecule has 0 radical (unpaired) electrons. The van der Waals surface area contributed by atoms with E-state index in [2.05, 4.69) is 53.2 Å². The molecule has 1 saturated heterocycles. The Bertz CT molecular complexity index is 1190. The normalized spacial score (nSPS) is 15.4. The Labute approximate surface area is 180 Å². The summed E-state index contributed by atoms with van der Waals surface area (Å²) >= 11 is 3.52. The standard InChI is InChI=1S/C19H21BrFN9/c1-11-7-14-15(8-13(11)21)25-16(24-14)10-22-18-27-19(29-5-3-28(2)4-6-29)26-17-12(20)9-23-30(17)18/h7-9H,3-6,10H2,1-2H3,(H,24,25)(H,22,26,27). The second kappa shape index (κ2) is 7.47. The number of H-pyrrole nitrogens is 1. The molecule has 156 valence electrons. The van der Waals surface area contributed by atoms with E-state index in [9.17, 15) is 4.39 Å². The molecule has 1 aromatic carbocycles. The minimum absolute atomic E-state index is 0.260. The second-order valence-electron chi connectivity index (χ2n) is 7.52. The van der Waals surface area contributed by atoms with Gasteiger partial charge in [0.25, 0.3) is 0 Å². The van der Waals surface area contributed by atoms with Crippen LogP contribution in [0.5, 0.6) is 0 Å². The van der Waals surface area contributed by atoms with Crippen molar-refractivity contribution in [3.63, 3.8) is 0 Å². The number of likely N-dealkylation sites (N-methyl/N-ethyl adjacent to an activating group) is 1. The van der Waals surface area contributed by atoms with Gasteiger partial charge >= 0.3 is 0 Å². The molecule has 9 nitrogen and oxygen atoms in total. The van der Waals surface area contributed by atoms with Crippen LogP contribution in [0.25, 0.3) is 16.7 Å². The smallest absolute Gasteiger partial charge is 0.230 e. The van der Waals surface area contributed by atoms with Crippen LogP contribution in [-0.4, -0.2) is 67.7 Å². The van der Waals surface area contributed by atoms with Crippen molar-refractivity contribution in [3.05, 3.63) is 40.0 Å². The predicted molar refractivity (Wildman–Crippen MR) is 116 cm³/mol. The number of piperazine rings is 1. The lowest BCUT2D eigenvalue weighted by Crippen LogP contribution is -2.45. The lowest BCUT2D eigenvalue weighted by molar-refractivity contribution is 0.311. The van der Waals surface area contributed by atoms with Crippen LogP contribution in [0.15, 0.2) is 22.8 Å². The van der Waals surface area contributed by atoms with Crippen molar-refractivity contribution in [2.45, 2.75) is 13.5 Å². The van der Waals surface area contributed by atoms with Gasteiger partial charge in [-0.3, -0.25) is 0 Å². The van der Waals surface area contributed by atoms with Gasteiger partial charge in [0.2, 0.25) is 11.9 Å². The van der Waals surface area contributed by atoms with Crippen LogP contribution >= 0.6 is 15.9 Å². The van der Waals surface area contributed by atoms with Crippen LogP contribution in [0.1, 0.15) is 11.4 Å². The zero-order valence-electron chi connectivity index (χ0n) is 16.7. The Morgan fingerprint density at radius 3 is 2.77 bits per heavy atom. The molecule has 0 amide bonds. The summed E-state index contributed by atoms with van der Waals surface area (Å²) in [5.74, 6) is 1.67. The highest BCUT2D eigenvalue weighted by molar-refractivity contribution is 9.10. The number of aromatic amines is 1. The van der Waals surface area contributed by atoms with Crippen molar-refractivity contribution in [2.75, 3.05) is 43.4 Å². The van der Waals surface area contributed by atoms with Crippen molar-refractivity contribution < 1.29 is 4.39 Å². The summed E-state index contributed by atoms with van der Waals surface area (Å²) in [4.78, 5) is 21.6. The maximum Gasteiger partial charge on any atom is 0.230 e. The van der Waals surface area contributed by atoms with Crippen molar-refractivity contribution >= 4 is 44.5 Å². The molecule has 5 rings (SSSR count). The summed E-state index contributed by atoms with van der Waals surface area (Å²) in [6, 6.07) is 3.21. The quantitative estimate of drug-likeness (QED) is 0.470. The van der Waals surface area contributed by atoms with Gasteiger partial charge in [0.05, 0.1) is 28.2 Å². The molecule has 3 aromatic heterocycles. The maximum atomic E-state index is 13.8. The highest BCUT2D eigenvalue weighted by Crippen LogP contribution is 2.23. The number of anilines is 2. The van der Waals surface area contributed by atoms with E-state index < -0.39 is 0 Å². The topological polar surface area (TPSA) is 90.3 Å². The molecule has 0 atom stereocenters. The summed E-state index contributed by atoms with van der Waals surface area (Å²) in [6.45, 7) is 5.79. The number of hydrogen-bond donors (Lipinski definition) is 2. The van der Waals surface area contributed by atoms with E-state index in [4.69, 9.17) is 9.97 Å². The third kappa shape index (κ3) is 3.47. The maximum absolute atomic E-state index is 13.8. The van der Waals surface area contributed by atoms with Crippen molar-refractivity contribution in [1.82, 2.24) is 34.4 Å². The molecule has 11 heteroatoms. The van der Waals surface area contributed by atoms with Gasteiger partial charge in [-0.05, 0) is 41.5 Å². The number of nitrogens with one attached hydrogen (secondary N) is 2. The van der Waals surface area contributed by atoms with Crippen molar-refractivity contribution in [1.29, 1.82) is 0 Å². The summed E-state index contributed by atoms with van der Waals surface area (Å²) in [6.07, 6.45) is 1.70. The van der Waals surface area contributed by atoms with Gasteiger partial charge in [0.1, 0.15) is 11.6 Å². The van der Waals surface area contributed by atoms with Gasteiger partial charge < -0.3 is 20.1 Å². The average Bonchev–Trinajstić information content (AvgIpc) is 3.30. The molecule has 0 saturated carbocycles. The fraction of sp³-hybridized carbons (Fsp3) is 0.368. The van der Waals surface area contributed by atoms with Crippen LogP contribution in [0.2, 0.25) is 0 Å². The summed E-state index contributed by atoms with van der Waals surface area (Å²) < 4.78 is 16.3. The molecule has 0 unspecified atom stereocenters. The zero-order chi connectivity index (χ0) is 20.8. The van der Waals surface area contributed by atoms with Crippen LogP contribution in [0.4, 0.5) is 16.3 Å². The van der Waals surface area contributed by atoms with E-state index in [0.29, 0.717) is 41.0 Å². The van der Waals surface area contributed by atoms with Crippen molar-refractivity contribution in [2.24, 2.45) is 0 Å². The third-order valence-electron chi connectivity index (χ3n) is 5.32. The number of imidazole rings is 1. The minimum atomic E-state index is -0.260. The first-order valence-corrected chi connectivity index (χ1v) is 10.5. The molecule has 2 N–H and O–H groups in total. The third-order valence-corrected chi connectivity index (χ3v) is 5.88. The van der Waals surface area contributed by atoms with E-state index in [1.807, 2.05) is 0 Å². The van der Waals surface area contributed by atoms with E-state index in [1.54, 1.807) is 23.7 Å². The lowest BCUT2D eigenvalue weighted by atomic mass is 10.2. The monoisotopic (exact) mass is 473 g/mol. The Morgan fingerprint density at radius 1 is 1.17 bits per heavy atom. The number of aromatic nitrogens is 6. The van der Waals surface area contributed by atoms with E-state index >= 15 is 0 Å². The van der Waals surface area contributed by atoms with Gasteiger partial charge in [-0.15, -0.1) is 0 Å². The fourth-order valence-corrected chi connectivity index (χ4v) is 3.89. The Kier molecular flexibility index (Phi) is 4.78. The van der Waals surface area contributed by atoms with Crippen LogP contribution in [0.3, 0.4) is 0 Å². The molecular weight excluding hydrogens is 453 g/mol. The number of aryl methyl sites for hydroxylation is 1. The highest BCUT2D eigenvalue weighted by Gasteiger charge is 2.20. The first kappa shape index (κ1) is 19.2. The number of fused-ring (bicyclic) bond motifs is 2. The molecule has 0 spiro atoms. The molecular formula is C19H21BrFN9.